The Morgan fingerprint density at radius 1 is 1.26 bits per heavy atom. The van der Waals surface area contributed by atoms with Gasteiger partial charge in [0.1, 0.15) is 0 Å². The molecule has 0 spiro atoms. The highest BCUT2D eigenvalue weighted by atomic mass is 127. The second-order valence-corrected chi connectivity index (χ2v) is 4.97. The van der Waals surface area contributed by atoms with Crippen molar-refractivity contribution < 1.29 is 0 Å². The highest BCUT2D eigenvalue weighted by Crippen LogP contribution is 2.06. The second kappa shape index (κ2) is 10.7. The molecular weight excluding hydrogens is 353 g/mol. The van der Waals surface area contributed by atoms with Gasteiger partial charge in [0.15, 0.2) is 5.96 Å². The predicted molar refractivity (Wildman–Crippen MR) is 93.3 cm³/mol. The number of likely N-dealkylation sites (N-methyl/N-ethyl adjacent to an activating group) is 1. The molecule has 1 aliphatic heterocycles. The molecule has 1 unspecified atom stereocenters. The molecule has 0 amide bonds. The Labute approximate surface area is 135 Å². The lowest BCUT2D eigenvalue weighted by molar-refractivity contribution is 0.109. The SMILES string of the molecule is CCCNC(N)=NCC(C)N1CCN(CC)CC1.I. The van der Waals surface area contributed by atoms with Gasteiger partial charge < -0.3 is 16.0 Å². The topological polar surface area (TPSA) is 56.9 Å². The molecule has 0 aromatic rings. The van der Waals surface area contributed by atoms with Gasteiger partial charge in [0.05, 0.1) is 6.54 Å². The van der Waals surface area contributed by atoms with Gasteiger partial charge in [-0.2, -0.15) is 0 Å². The number of hydrogen-bond donors (Lipinski definition) is 2. The highest BCUT2D eigenvalue weighted by molar-refractivity contribution is 14.0. The van der Waals surface area contributed by atoms with Crippen molar-refractivity contribution >= 4 is 29.9 Å². The summed E-state index contributed by atoms with van der Waals surface area (Å²) in [6.45, 7) is 14.1. The van der Waals surface area contributed by atoms with Crippen molar-refractivity contribution in [1.29, 1.82) is 0 Å². The van der Waals surface area contributed by atoms with Crippen LogP contribution in [0.25, 0.3) is 0 Å². The molecule has 1 fully saturated rings. The zero-order chi connectivity index (χ0) is 13.4. The minimum Gasteiger partial charge on any atom is -0.370 e. The van der Waals surface area contributed by atoms with E-state index in [0.717, 1.165) is 39.1 Å². The molecule has 0 aromatic carbocycles. The summed E-state index contributed by atoms with van der Waals surface area (Å²) in [5.74, 6) is 0.580. The van der Waals surface area contributed by atoms with E-state index in [1.165, 1.54) is 13.1 Å². The first-order valence-corrected chi connectivity index (χ1v) is 7.17. The Morgan fingerprint density at radius 3 is 2.42 bits per heavy atom. The van der Waals surface area contributed by atoms with Crippen molar-refractivity contribution in [3.8, 4) is 0 Å². The fourth-order valence-corrected chi connectivity index (χ4v) is 2.18. The lowest BCUT2D eigenvalue weighted by atomic mass is 10.2. The van der Waals surface area contributed by atoms with E-state index in [4.69, 9.17) is 5.73 Å². The lowest BCUT2D eigenvalue weighted by Crippen LogP contribution is -2.50. The lowest BCUT2D eigenvalue weighted by Gasteiger charge is -2.37. The Balaban J connectivity index is 0.00000324. The van der Waals surface area contributed by atoms with E-state index < -0.39 is 0 Å². The Kier molecular flexibility index (Phi) is 10.6. The number of aliphatic imine (C=N–C) groups is 1. The van der Waals surface area contributed by atoms with Crippen molar-refractivity contribution in [3.05, 3.63) is 0 Å². The van der Waals surface area contributed by atoms with Crippen LogP contribution in [-0.2, 0) is 0 Å². The van der Waals surface area contributed by atoms with Crippen LogP contribution in [0.5, 0.6) is 0 Å². The molecule has 19 heavy (non-hydrogen) atoms. The van der Waals surface area contributed by atoms with Gasteiger partial charge in [-0.05, 0) is 19.9 Å². The van der Waals surface area contributed by atoms with Crippen molar-refractivity contribution in [1.82, 2.24) is 15.1 Å². The summed E-state index contributed by atoms with van der Waals surface area (Å²) in [5, 5.41) is 3.11. The number of rotatable bonds is 6. The van der Waals surface area contributed by atoms with E-state index in [2.05, 4.69) is 40.9 Å². The van der Waals surface area contributed by atoms with Crippen molar-refractivity contribution in [2.24, 2.45) is 10.7 Å². The summed E-state index contributed by atoms with van der Waals surface area (Å²) >= 11 is 0. The summed E-state index contributed by atoms with van der Waals surface area (Å²) in [5.41, 5.74) is 5.79. The minimum absolute atomic E-state index is 0. The maximum Gasteiger partial charge on any atom is 0.188 e. The van der Waals surface area contributed by atoms with Crippen LogP contribution in [0, 0.1) is 0 Å². The molecule has 0 radical (unpaired) electrons. The van der Waals surface area contributed by atoms with Crippen LogP contribution in [-0.4, -0.2) is 67.6 Å². The number of nitrogens with two attached hydrogens (primary N) is 1. The molecule has 0 bridgehead atoms. The molecule has 6 heteroatoms. The van der Waals surface area contributed by atoms with Gasteiger partial charge in [-0.3, -0.25) is 9.89 Å². The Bertz CT molecular complexity index is 251. The van der Waals surface area contributed by atoms with Gasteiger partial charge >= 0.3 is 0 Å². The van der Waals surface area contributed by atoms with Gasteiger partial charge in [0.2, 0.25) is 0 Å². The summed E-state index contributed by atoms with van der Waals surface area (Å²) < 4.78 is 0. The first kappa shape index (κ1) is 18.9. The van der Waals surface area contributed by atoms with Gasteiger partial charge in [0, 0.05) is 38.8 Å². The fraction of sp³-hybridized carbons (Fsp3) is 0.923. The molecule has 1 rings (SSSR count). The summed E-state index contributed by atoms with van der Waals surface area (Å²) in [6.07, 6.45) is 1.07. The first-order chi connectivity index (χ1) is 8.67. The number of halogens is 1. The maximum absolute atomic E-state index is 5.79. The van der Waals surface area contributed by atoms with Crippen molar-refractivity contribution in [3.63, 3.8) is 0 Å². The van der Waals surface area contributed by atoms with Crippen LogP contribution in [0.3, 0.4) is 0 Å². The first-order valence-electron chi connectivity index (χ1n) is 7.17. The molecule has 114 valence electrons. The smallest absolute Gasteiger partial charge is 0.188 e. The molecule has 1 saturated heterocycles. The standard InChI is InChI=1S/C13H29N5.HI/c1-4-6-15-13(14)16-11-12(3)18-9-7-17(5-2)8-10-18;/h12H,4-11H2,1-3H3,(H3,14,15,16);1H. The van der Waals surface area contributed by atoms with Gasteiger partial charge in [0.25, 0.3) is 0 Å². The molecular formula is C13H30IN5. The van der Waals surface area contributed by atoms with Crippen LogP contribution in [0.2, 0.25) is 0 Å². The molecule has 3 N–H and O–H groups in total. The van der Waals surface area contributed by atoms with E-state index in [9.17, 15) is 0 Å². The average molecular weight is 383 g/mol. The average Bonchev–Trinajstić information content (AvgIpc) is 2.42. The van der Waals surface area contributed by atoms with Gasteiger partial charge in [-0.1, -0.05) is 13.8 Å². The third-order valence-corrected chi connectivity index (χ3v) is 3.56. The van der Waals surface area contributed by atoms with Gasteiger partial charge in [-0.15, -0.1) is 24.0 Å². The molecule has 1 heterocycles. The number of nitrogens with one attached hydrogen (secondary N) is 1. The van der Waals surface area contributed by atoms with Crippen molar-refractivity contribution in [2.75, 3.05) is 45.8 Å². The zero-order valence-corrected chi connectivity index (χ0v) is 14.9. The van der Waals surface area contributed by atoms with Crippen LogP contribution < -0.4 is 11.1 Å². The highest BCUT2D eigenvalue weighted by Gasteiger charge is 2.19. The summed E-state index contributed by atoms with van der Waals surface area (Å²) in [4.78, 5) is 9.40. The van der Waals surface area contributed by atoms with Crippen LogP contribution in [0.15, 0.2) is 4.99 Å². The van der Waals surface area contributed by atoms with Crippen LogP contribution >= 0.6 is 24.0 Å². The molecule has 1 aliphatic rings. The number of guanidine groups is 1. The fourth-order valence-electron chi connectivity index (χ4n) is 2.18. The Hall–Kier alpha value is -0.0800. The molecule has 0 aromatic heterocycles. The largest absolute Gasteiger partial charge is 0.370 e. The van der Waals surface area contributed by atoms with E-state index in [1.807, 2.05) is 0 Å². The van der Waals surface area contributed by atoms with Crippen LogP contribution in [0.4, 0.5) is 0 Å². The Morgan fingerprint density at radius 2 is 1.89 bits per heavy atom. The van der Waals surface area contributed by atoms with Crippen molar-refractivity contribution in [2.45, 2.75) is 33.2 Å². The number of hydrogen-bond acceptors (Lipinski definition) is 3. The zero-order valence-electron chi connectivity index (χ0n) is 12.6. The number of nitrogens with zero attached hydrogens (tertiary/aromatic N) is 3. The van der Waals surface area contributed by atoms with Gasteiger partial charge in [-0.25, -0.2) is 0 Å². The van der Waals surface area contributed by atoms with E-state index in [1.54, 1.807) is 0 Å². The molecule has 5 nitrogen and oxygen atoms in total. The summed E-state index contributed by atoms with van der Waals surface area (Å²) in [6, 6.07) is 0.478. The third-order valence-electron chi connectivity index (χ3n) is 3.56. The normalized spacial score (nSPS) is 19.8. The quantitative estimate of drug-likeness (QED) is 0.407. The van der Waals surface area contributed by atoms with E-state index in [0.29, 0.717) is 12.0 Å². The predicted octanol–water partition coefficient (Wildman–Crippen LogP) is 0.945. The minimum atomic E-state index is 0. The third kappa shape index (κ3) is 7.31. The van der Waals surface area contributed by atoms with Crippen LogP contribution in [0.1, 0.15) is 27.2 Å². The second-order valence-electron chi connectivity index (χ2n) is 4.97. The monoisotopic (exact) mass is 383 g/mol. The molecule has 1 atom stereocenters. The van der Waals surface area contributed by atoms with E-state index >= 15 is 0 Å². The summed E-state index contributed by atoms with van der Waals surface area (Å²) in [7, 11) is 0. The molecule has 0 saturated carbocycles. The maximum atomic E-state index is 5.79. The number of piperazine rings is 1. The molecule has 0 aliphatic carbocycles. The van der Waals surface area contributed by atoms with E-state index in [-0.39, 0.29) is 24.0 Å².